The van der Waals surface area contributed by atoms with Crippen molar-refractivity contribution >= 4 is 52.0 Å². The Bertz CT molecular complexity index is 1230. The molecule has 2 saturated heterocycles. The van der Waals surface area contributed by atoms with Crippen LogP contribution in [0.4, 0.5) is 9.93 Å². The summed E-state index contributed by atoms with van der Waals surface area (Å²) in [4.78, 5) is 73.3. The lowest BCUT2D eigenvalue weighted by Gasteiger charge is -2.44. The van der Waals surface area contributed by atoms with Crippen LogP contribution in [0.15, 0.2) is 10.5 Å². The Balaban J connectivity index is 1.85. The molecule has 2 fully saturated rings. The van der Waals surface area contributed by atoms with Gasteiger partial charge in [-0.3, -0.25) is 14.4 Å². The fourth-order valence-electron chi connectivity index (χ4n) is 3.43. The Labute approximate surface area is 235 Å². The van der Waals surface area contributed by atoms with Crippen LogP contribution in [-0.2, 0) is 33.5 Å². The van der Waals surface area contributed by atoms with E-state index in [0.29, 0.717) is 0 Å². The number of carbonyl (C=O) groups excluding carboxylic acids is 5. The highest BCUT2D eigenvalue weighted by molar-refractivity contribution is 7.14. The summed E-state index contributed by atoms with van der Waals surface area (Å²) in [6.07, 6.45) is -0.612. The Kier molecular flexibility index (Phi) is 8.45. The molecule has 0 aliphatic carbocycles. The first kappa shape index (κ1) is 30.7. The molecular weight excluding hydrogens is 546 g/mol. The van der Waals surface area contributed by atoms with Crippen molar-refractivity contribution in [2.24, 2.45) is 10.9 Å². The molecule has 1 aromatic rings. The van der Waals surface area contributed by atoms with Gasteiger partial charge >= 0.3 is 12.1 Å². The number of nitrogens with one attached hydrogen (secondary N) is 3. The van der Waals surface area contributed by atoms with Gasteiger partial charge in [-0.2, -0.15) is 0 Å². The van der Waals surface area contributed by atoms with Crippen molar-refractivity contribution in [1.82, 2.24) is 20.9 Å². The quantitative estimate of drug-likeness (QED) is 0.127. The van der Waals surface area contributed by atoms with Crippen LogP contribution >= 0.6 is 11.3 Å². The van der Waals surface area contributed by atoms with Gasteiger partial charge in [0, 0.05) is 11.9 Å². The highest BCUT2D eigenvalue weighted by Gasteiger charge is 2.49. The van der Waals surface area contributed by atoms with E-state index in [1.54, 1.807) is 34.6 Å². The van der Waals surface area contributed by atoms with Crippen LogP contribution in [0.1, 0.15) is 61.1 Å². The highest BCUT2D eigenvalue weighted by Crippen LogP contribution is 2.36. The number of oxime groups is 1. The largest absolute Gasteiger partial charge is 0.457 e. The number of rotatable bonds is 10. The number of ether oxygens (including phenoxy) is 2. The van der Waals surface area contributed by atoms with E-state index in [1.807, 2.05) is 0 Å². The maximum Gasteiger partial charge on any atom is 0.421 e. The van der Waals surface area contributed by atoms with E-state index in [9.17, 15) is 24.0 Å². The lowest BCUT2D eigenvalue weighted by atomic mass is 9.98. The number of aromatic nitrogens is 1. The molecule has 0 radical (unpaired) electrons. The van der Waals surface area contributed by atoms with Gasteiger partial charge in [-0.15, -0.1) is 11.3 Å². The third-order valence-electron chi connectivity index (χ3n) is 5.66. The van der Waals surface area contributed by atoms with Gasteiger partial charge in [0.05, 0.1) is 12.1 Å². The minimum absolute atomic E-state index is 0.0227. The molecule has 3 heterocycles. The number of hydrogen-bond acceptors (Lipinski definition) is 12. The molecule has 3 atom stereocenters. The fourth-order valence-corrected chi connectivity index (χ4v) is 4.36. The number of hydrogen-bond donors (Lipinski definition) is 4. The first-order valence-corrected chi connectivity index (χ1v) is 13.3. The zero-order valence-electron chi connectivity index (χ0n) is 23.6. The Morgan fingerprint density at radius 1 is 1.27 bits per heavy atom. The van der Waals surface area contributed by atoms with E-state index in [0.717, 1.165) is 11.3 Å². The van der Waals surface area contributed by atoms with Crippen molar-refractivity contribution < 1.29 is 38.3 Å². The third-order valence-corrected chi connectivity index (χ3v) is 6.49. The van der Waals surface area contributed by atoms with Gasteiger partial charge in [-0.25, -0.2) is 19.5 Å². The molecule has 0 spiro atoms. The zero-order chi connectivity index (χ0) is 30.2. The van der Waals surface area contributed by atoms with Crippen molar-refractivity contribution in [2.45, 2.75) is 90.4 Å². The van der Waals surface area contributed by atoms with E-state index >= 15 is 0 Å². The molecule has 2 aliphatic heterocycles. The van der Waals surface area contributed by atoms with E-state index in [4.69, 9.17) is 20.0 Å². The molecule has 1 aromatic heterocycles. The molecule has 3 rings (SSSR count). The fraction of sp³-hybridized carbons (Fsp3) is 0.625. The summed E-state index contributed by atoms with van der Waals surface area (Å²) in [5.74, 6) is -2.47. The van der Waals surface area contributed by atoms with Gasteiger partial charge in [0.2, 0.25) is 17.4 Å². The summed E-state index contributed by atoms with van der Waals surface area (Å²) in [6.45, 7) is 12.8. The summed E-state index contributed by atoms with van der Waals surface area (Å²) < 4.78 is 10.5. The number of carbonyl (C=O) groups is 5. The molecule has 0 bridgehead atoms. The molecule has 5 N–H and O–H groups in total. The third kappa shape index (κ3) is 6.85. The smallest absolute Gasteiger partial charge is 0.421 e. The molecule has 0 unspecified atom stereocenters. The monoisotopic (exact) mass is 581 g/mol. The minimum Gasteiger partial charge on any atom is -0.457 e. The summed E-state index contributed by atoms with van der Waals surface area (Å²) in [5, 5.41) is 13.4. The van der Waals surface area contributed by atoms with Crippen LogP contribution < -0.4 is 26.6 Å². The highest BCUT2D eigenvalue weighted by atomic mass is 32.1. The first-order valence-electron chi connectivity index (χ1n) is 12.5. The Hall–Kier alpha value is -3.79. The molecule has 0 saturated carbocycles. The first-order chi connectivity index (χ1) is 18.3. The second-order valence-electron chi connectivity index (χ2n) is 11.3. The Morgan fingerprint density at radius 3 is 2.45 bits per heavy atom. The van der Waals surface area contributed by atoms with Crippen molar-refractivity contribution in [3.8, 4) is 0 Å². The molecule has 40 heavy (non-hydrogen) atoms. The van der Waals surface area contributed by atoms with E-state index in [2.05, 4.69) is 26.1 Å². The zero-order valence-corrected chi connectivity index (χ0v) is 24.4. The molecule has 4 amide bonds. The van der Waals surface area contributed by atoms with Crippen LogP contribution in [0.25, 0.3) is 0 Å². The second kappa shape index (κ2) is 11.0. The van der Waals surface area contributed by atoms with E-state index in [1.165, 1.54) is 31.1 Å². The summed E-state index contributed by atoms with van der Waals surface area (Å²) in [7, 11) is 0. The molecule has 220 valence electrons. The molecule has 2 aliphatic rings. The topological polar surface area (TPSA) is 204 Å². The SMILES string of the molecule is C[C@H](N)C(=O)NC[C@H]1NC(=O)[C@H]1NC(=O)/C(=N\OC(C)(C)C(=O)OC(C)(C)C)c1csc(N2C(=O)OC2(C)C)n1. The predicted octanol–water partition coefficient (Wildman–Crippen LogP) is 0.123. The number of amides is 4. The van der Waals surface area contributed by atoms with Crippen LogP contribution in [0.2, 0.25) is 0 Å². The van der Waals surface area contributed by atoms with Crippen LogP contribution in [0.5, 0.6) is 0 Å². The van der Waals surface area contributed by atoms with Crippen LogP contribution in [-0.4, -0.2) is 82.1 Å². The van der Waals surface area contributed by atoms with Gasteiger partial charge in [0.1, 0.15) is 17.3 Å². The average molecular weight is 582 g/mol. The minimum atomic E-state index is -1.60. The molecular formula is C24H35N7O8S. The van der Waals surface area contributed by atoms with Crippen molar-refractivity contribution in [2.75, 3.05) is 11.4 Å². The maximum atomic E-state index is 13.4. The number of nitrogens with two attached hydrogens (primary N) is 1. The number of thiazole rings is 1. The number of esters is 1. The number of anilines is 1. The van der Waals surface area contributed by atoms with Gasteiger partial charge in [0.15, 0.2) is 16.6 Å². The number of nitrogens with zero attached hydrogens (tertiary/aromatic N) is 3. The van der Waals surface area contributed by atoms with E-state index in [-0.39, 0.29) is 23.1 Å². The van der Waals surface area contributed by atoms with Gasteiger partial charge in [-0.1, -0.05) is 5.16 Å². The standard InChI is InChI=1S/C24H35N7O8S/c1-11(25)16(32)26-9-12-14(17(33)27-12)29-18(34)15(30-39-23(5,6)19(35)37-22(2,3)4)13-10-40-20(28-13)31-21(36)38-24(31,7)8/h10-12,14H,9,25H2,1-8H3,(H,26,32)(H,27,33)(H,29,34)/b30-15-/t11-,12+,14-/m0/s1. The lowest BCUT2D eigenvalue weighted by Crippen LogP contribution is -2.72. The normalized spacial score (nSPS) is 21.2. The number of cyclic esters (lactones) is 1. The summed E-state index contributed by atoms with van der Waals surface area (Å²) in [6, 6.07) is -2.37. The van der Waals surface area contributed by atoms with Gasteiger partial charge < -0.3 is 36.0 Å². The summed E-state index contributed by atoms with van der Waals surface area (Å²) in [5.41, 5.74) is 1.87. The summed E-state index contributed by atoms with van der Waals surface area (Å²) >= 11 is 1.05. The van der Waals surface area contributed by atoms with Crippen LogP contribution in [0, 0.1) is 0 Å². The van der Waals surface area contributed by atoms with Crippen molar-refractivity contribution in [1.29, 1.82) is 0 Å². The average Bonchev–Trinajstić information content (AvgIpc) is 3.26. The number of β-lactam (4-membered cyclic amide) rings is 1. The van der Waals surface area contributed by atoms with Gasteiger partial charge in [-0.05, 0) is 55.4 Å². The molecule has 0 aromatic carbocycles. The maximum absolute atomic E-state index is 13.4. The second-order valence-corrected chi connectivity index (χ2v) is 12.1. The van der Waals surface area contributed by atoms with E-state index < -0.39 is 64.8 Å². The van der Waals surface area contributed by atoms with Crippen LogP contribution in [0.3, 0.4) is 0 Å². The van der Waals surface area contributed by atoms with Crippen molar-refractivity contribution in [3.63, 3.8) is 0 Å². The van der Waals surface area contributed by atoms with Crippen molar-refractivity contribution in [3.05, 3.63) is 11.1 Å². The van der Waals surface area contributed by atoms with Gasteiger partial charge in [0.25, 0.3) is 5.91 Å². The molecule has 16 heteroatoms. The lowest BCUT2D eigenvalue weighted by molar-refractivity contribution is -0.179. The molecule has 15 nitrogen and oxygen atoms in total. The Morgan fingerprint density at radius 2 is 1.93 bits per heavy atom. The predicted molar refractivity (Wildman–Crippen MR) is 143 cm³/mol.